The Morgan fingerprint density at radius 3 is 2.50 bits per heavy atom. The summed E-state index contributed by atoms with van der Waals surface area (Å²) in [5, 5.41) is 2.99. The zero-order valence-electron chi connectivity index (χ0n) is 11.7. The van der Waals surface area contributed by atoms with Crippen molar-refractivity contribution in [3.8, 4) is 0 Å². The Morgan fingerprint density at radius 2 is 1.90 bits per heavy atom. The van der Waals surface area contributed by atoms with Crippen LogP contribution < -0.4 is 10.2 Å². The van der Waals surface area contributed by atoms with Gasteiger partial charge in [0.15, 0.2) is 0 Å². The highest BCUT2D eigenvalue weighted by Gasteiger charge is 2.50. The zero-order chi connectivity index (χ0) is 14.1. The third-order valence-corrected chi connectivity index (χ3v) is 4.02. The van der Waals surface area contributed by atoms with Crippen LogP contribution >= 0.6 is 0 Å². The number of nitrogens with zero attached hydrogens (tertiary/aromatic N) is 1. The maximum absolute atomic E-state index is 12.5. The number of anilines is 1. The highest BCUT2D eigenvalue weighted by atomic mass is 16.2. The van der Waals surface area contributed by atoms with Crippen LogP contribution in [-0.2, 0) is 9.59 Å². The normalized spacial score (nSPS) is 24.1. The molecule has 0 bridgehead atoms. The molecule has 0 spiro atoms. The molecule has 4 heteroatoms. The molecule has 1 N–H and O–H groups in total. The van der Waals surface area contributed by atoms with Gasteiger partial charge in [0.25, 0.3) is 0 Å². The van der Waals surface area contributed by atoms with Gasteiger partial charge in [0.2, 0.25) is 11.8 Å². The van der Waals surface area contributed by atoms with E-state index in [2.05, 4.69) is 5.32 Å². The van der Waals surface area contributed by atoms with Gasteiger partial charge in [-0.3, -0.25) is 9.59 Å². The molecular weight excluding hydrogens is 252 g/mol. The zero-order valence-corrected chi connectivity index (χ0v) is 11.7. The molecule has 2 saturated carbocycles. The molecule has 3 rings (SSSR count). The Labute approximate surface area is 119 Å². The number of nitrogens with one attached hydrogen (secondary N) is 1. The van der Waals surface area contributed by atoms with E-state index in [1.807, 2.05) is 37.3 Å². The van der Waals surface area contributed by atoms with E-state index in [-0.39, 0.29) is 23.7 Å². The molecule has 0 heterocycles. The number of para-hydroxylation sites is 1. The average Bonchev–Trinajstić information content (AvgIpc) is 3.35. The third-order valence-electron chi connectivity index (χ3n) is 4.02. The molecule has 2 fully saturated rings. The van der Waals surface area contributed by atoms with Gasteiger partial charge in [0, 0.05) is 18.3 Å². The molecule has 1 aromatic carbocycles. The van der Waals surface area contributed by atoms with Gasteiger partial charge < -0.3 is 10.2 Å². The molecule has 106 valence electrons. The van der Waals surface area contributed by atoms with Crippen molar-refractivity contribution in [1.29, 1.82) is 0 Å². The topological polar surface area (TPSA) is 49.4 Å². The van der Waals surface area contributed by atoms with E-state index in [0.717, 1.165) is 18.5 Å². The lowest BCUT2D eigenvalue weighted by molar-refractivity contribution is -0.126. The van der Waals surface area contributed by atoms with Crippen LogP contribution in [0.1, 0.15) is 26.2 Å². The van der Waals surface area contributed by atoms with Crippen molar-refractivity contribution in [1.82, 2.24) is 5.32 Å². The van der Waals surface area contributed by atoms with Crippen LogP contribution in [-0.4, -0.2) is 24.4 Å². The second-order valence-electron chi connectivity index (χ2n) is 5.65. The van der Waals surface area contributed by atoms with Crippen molar-refractivity contribution in [2.24, 2.45) is 11.8 Å². The maximum atomic E-state index is 12.5. The van der Waals surface area contributed by atoms with Crippen LogP contribution in [0.4, 0.5) is 5.69 Å². The van der Waals surface area contributed by atoms with Gasteiger partial charge in [-0.2, -0.15) is 0 Å². The molecule has 4 nitrogen and oxygen atoms in total. The molecular formula is C16H20N2O2. The lowest BCUT2D eigenvalue weighted by Crippen LogP contribution is -2.34. The Balaban J connectivity index is 1.62. The molecule has 1 aromatic rings. The number of hydrogen-bond donors (Lipinski definition) is 1. The van der Waals surface area contributed by atoms with Crippen LogP contribution in [0.2, 0.25) is 0 Å². The molecule has 0 saturated heterocycles. The van der Waals surface area contributed by atoms with Crippen LogP contribution in [0.25, 0.3) is 0 Å². The third kappa shape index (κ3) is 2.69. The fourth-order valence-corrected chi connectivity index (χ4v) is 2.57. The summed E-state index contributed by atoms with van der Waals surface area (Å²) >= 11 is 0. The van der Waals surface area contributed by atoms with E-state index in [0.29, 0.717) is 19.0 Å². The molecule has 2 atom stereocenters. The summed E-state index contributed by atoms with van der Waals surface area (Å²) in [7, 11) is 0. The second-order valence-corrected chi connectivity index (χ2v) is 5.65. The van der Waals surface area contributed by atoms with E-state index in [9.17, 15) is 9.59 Å². The van der Waals surface area contributed by atoms with E-state index >= 15 is 0 Å². The fourth-order valence-electron chi connectivity index (χ4n) is 2.57. The minimum Gasteiger partial charge on any atom is -0.353 e. The first-order valence-electron chi connectivity index (χ1n) is 7.37. The van der Waals surface area contributed by atoms with E-state index in [4.69, 9.17) is 0 Å². The average molecular weight is 272 g/mol. The van der Waals surface area contributed by atoms with Gasteiger partial charge >= 0.3 is 0 Å². The molecule has 2 aliphatic rings. The number of hydrogen-bond acceptors (Lipinski definition) is 2. The van der Waals surface area contributed by atoms with Crippen LogP contribution in [0.3, 0.4) is 0 Å². The first kappa shape index (κ1) is 13.2. The minimum absolute atomic E-state index is 0.0648. The summed E-state index contributed by atoms with van der Waals surface area (Å²) in [5.74, 6) is -0.0978. The second kappa shape index (κ2) is 5.27. The Kier molecular flexibility index (Phi) is 3.47. The summed E-state index contributed by atoms with van der Waals surface area (Å²) in [6, 6.07) is 10.0. The van der Waals surface area contributed by atoms with Crippen LogP contribution in [0.15, 0.2) is 30.3 Å². The van der Waals surface area contributed by atoms with E-state index < -0.39 is 0 Å². The van der Waals surface area contributed by atoms with Gasteiger partial charge in [-0.05, 0) is 38.3 Å². The molecule has 2 aliphatic carbocycles. The van der Waals surface area contributed by atoms with Crippen molar-refractivity contribution < 1.29 is 9.59 Å². The number of carbonyl (C=O) groups excluding carboxylic acids is 2. The van der Waals surface area contributed by atoms with Gasteiger partial charge in [0.1, 0.15) is 0 Å². The monoisotopic (exact) mass is 272 g/mol. The fraction of sp³-hybridized carbons (Fsp3) is 0.500. The highest BCUT2D eigenvalue weighted by Crippen LogP contribution is 2.41. The first-order valence-corrected chi connectivity index (χ1v) is 7.37. The molecule has 0 radical (unpaired) electrons. The molecule has 0 aromatic heterocycles. The van der Waals surface area contributed by atoms with Crippen molar-refractivity contribution in [2.75, 3.05) is 11.4 Å². The first-order chi connectivity index (χ1) is 9.70. The number of benzene rings is 1. The summed E-state index contributed by atoms with van der Waals surface area (Å²) in [6.07, 6.45) is 2.87. The highest BCUT2D eigenvalue weighted by molar-refractivity contribution is 6.01. The SMILES string of the molecule is CCN(C(=O)C1CC1C(=O)NC1CC1)c1ccccc1. The smallest absolute Gasteiger partial charge is 0.230 e. The summed E-state index contributed by atoms with van der Waals surface area (Å²) in [5.41, 5.74) is 0.910. The summed E-state index contributed by atoms with van der Waals surface area (Å²) in [6.45, 7) is 2.60. The number of amides is 2. The number of carbonyl (C=O) groups is 2. The lowest BCUT2D eigenvalue weighted by atomic mass is 10.2. The molecule has 0 aliphatic heterocycles. The maximum Gasteiger partial charge on any atom is 0.230 e. The number of rotatable bonds is 5. The van der Waals surface area contributed by atoms with Crippen molar-refractivity contribution in [2.45, 2.75) is 32.2 Å². The van der Waals surface area contributed by atoms with Crippen molar-refractivity contribution in [3.63, 3.8) is 0 Å². The summed E-state index contributed by atoms with van der Waals surface area (Å²) in [4.78, 5) is 26.2. The van der Waals surface area contributed by atoms with Gasteiger partial charge in [0.05, 0.1) is 11.8 Å². The van der Waals surface area contributed by atoms with E-state index in [1.54, 1.807) is 4.90 Å². The summed E-state index contributed by atoms with van der Waals surface area (Å²) < 4.78 is 0. The molecule has 2 amide bonds. The largest absolute Gasteiger partial charge is 0.353 e. The minimum atomic E-state index is -0.131. The van der Waals surface area contributed by atoms with Gasteiger partial charge in [-0.1, -0.05) is 18.2 Å². The Bertz CT molecular complexity index is 510. The van der Waals surface area contributed by atoms with Crippen LogP contribution in [0.5, 0.6) is 0 Å². The van der Waals surface area contributed by atoms with Gasteiger partial charge in [-0.15, -0.1) is 0 Å². The standard InChI is InChI=1S/C16H20N2O2/c1-2-18(12-6-4-3-5-7-12)16(20)14-10-13(14)15(19)17-11-8-9-11/h3-7,11,13-14H,2,8-10H2,1H3,(H,17,19). The molecule has 20 heavy (non-hydrogen) atoms. The van der Waals surface area contributed by atoms with E-state index in [1.165, 1.54) is 0 Å². The van der Waals surface area contributed by atoms with Crippen molar-refractivity contribution >= 4 is 17.5 Å². The Hall–Kier alpha value is -1.84. The van der Waals surface area contributed by atoms with Crippen LogP contribution in [0, 0.1) is 11.8 Å². The van der Waals surface area contributed by atoms with Gasteiger partial charge in [-0.25, -0.2) is 0 Å². The quantitative estimate of drug-likeness (QED) is 0.890. The predicted octanol–water partition coefficient (Wildman–Crippen LogP) is 1.95. The lowest BCUT2D eigenvalue weighted by Gasteiger charge is -2.21. The molecule has 2 unspecified atom stereocenters. The van der Waals surface area contributed by atoms with Crippen molar-refractivity contribution in [3.05, 3.63) is 30.3 Å². The Morgan fingerprint density at radius 1 is 1.20 bits per heavy atom. The predicted molar refractivity (Wildman–Crippen MR) is 77.2 cm³/mol.